The minimum Gasteiger partial charge on any atom is -0.383 e. The molecule has 0 saturated carbocycles. The molecule has 10 aromatic rings. The molecule has 0 aliphatic rings. The van der Waals surface area contributed by atoms with Crippen molar-refractivity contribution in [3.63, 3.8) is 0 Å². The number of hydrogen-bond donors (Lipinski definition) is 14. The molecule has 54 nitrogen and oxygen atoms in total. The van der Waals surface area contributed by atoms with E-state index in [1.807, 2.05) is 0 Å². The van der Waals surface area contributed by atoms with Gasteiger partial charge in [-0.1, -0.05) is 0 Å². The summed E-state index contributed by atoms with van der Waals surface area (Å²) in [6.45, 7) is -10.7. The van der Waals surface area contributed by atoms with Crippen LogP contribution in [0.3, 0.4) is 0 Å². The zero-order valence-corrected chi connectivity index (χ0v) is 62.7. The van der Waals surface area contributed by atoms with Gasteiger partial charge >= 0.3 is 11.4 Å². The van der Waals surface area contributed by atoms with Crippen LogP contribution in [-0.4, -0.2) is 315 Å². The largest absolute Gasteiger partial charge is 0.383 e. The zero-order valence-electron chi connectivity index (χ0n) is 62.7. The lowest BCUT2D eigenvalue weighted by Crippen LogP contribution is -2.50. The number of carbonyl (C=O) groups excluding carboxylic acids is 12. The molecule has 0 atom stereocenters. The third kappa shape index (κ3) is 22.5. The van der Waals surface area contributed by atoms with E-state index in [4.69, 9.17) is 45.9 Å². The van der Waals surface area contributed by atoms with E-state index in [-0.39, 0.29) is 158 Å². The van der Waals surface area contributed by atoms with Crippen LogP contribution in [0.2, 0.25) is 0 Å². The Bertz CT molecular complexity index is 5630. The van der Waals surface area contributed by atoms with Crippen molar-refractivity contribution in [3.05, 3.63) is 100 Å². The first kappa shape index (κ1) is 84.6. The normalized spacial score (nSPS) is 11.1. The fourth-order valence-corrected chi connectivity index (χ4v) is 11.6. The highest BCUT2D eigenvalue weighted by Crippen LogP contribution is 2.18. The number of rotatable bonds is 41. The number of nitrogens with one attached hydrogen (secondary N) is 6. The number of fused-ring (bicyclic) bond motifs is 4. The van der Waals surface area contributed by atoms with Crippen molar-refractivity contribution in [2.75, 3.05) is 152 Å². The van der Waals surface area contributed by atoms with Gasteiger partial charge in [0.25, 0.3) is 5.56 Å². The maximum atomic E-state index is 14.4. The van der Waals surface area contributed by atoms with Gasteiger partial charge in [0.05, 0.1) is 64.6 Å². The van der Waals surface area contributed by atoms with Gasteiger partial charge in [0.1, 0.15) is 86.4 Å². The second-order valence-corrected chi connectivity index (χ2v) is 25.8. The van der Waals surface area contributed by atoms with E-state index >= 15 is 0 Å². The van der Waals surface area contributed by atoms with E-state index < -0.39 is 166 Å². The van der Waals surface area contributed by atoms with Crippen molar-refractivity contribution in [3.8, 4) is 0 Å². The van der Waals surface area contributed by atoms with Crippen LogP contribution in [-0.2, 0) is 96.8 Å². The number of nitrogens with zero attached hydrogens (tertiary/aromatic N) is 25. The summed E-state index contributed by atoms with van der Waals surface area (Å²) in [5.41, 5.74) is 44.6. The monoisotopic (exact) mass is 1640 g/mol. The summed E-state index contributed by atoms with van der Waals surface area (Å²) in [5, 5.41) is 13.1. The molecule has 0 aromatic carbocycles. The summed E-state index contributed by atoms with van der Waals surface area (Å²) in [6.07, 6.45) is 10.9. The van der Waals surface area contributed by atoms with Crippen LogP contribution in [0.4, 0.5) is 35.0 Å². The number of hydrogen-bond acceptors (Lipinski definition) is 35. The molecule has 10 heterocycles. The summed E-state index contributed by atoms with van der Waals surface area (Å²) in [4.78, 5) is 263. The van der Waals surface area contributed by atoms with Gasteiger partial charge < -0.3 is 120 Å². The van der Waals surface area contributed by atoms with Gasteiger partial charge in [0.15, 0.2) is 45.6 Å². The van der Waals surface area contributed by atoms with Gasteiger partial charge in [-0.25, -0.2) is 59.4 Å². The van der Waals surface area contributed by atoms with Crippen LogP contribution >= 0.6 is 0 Å². The minimum absolute atomic E-state index is 0.00347. The molecule has 0 aliphatic carbocycles. The Morgan fingerprint density at radius 2 is 0.627 bits per heavy atom. The van der Waals surface area contributed by atoms with E-state index in [0.717, 1.165) is 57.5 Å². The van der Waals surface area contributed by atoms with Crippen molar-refractivity contribution in [2.24, 2.45) is 11.5 Å². The lowest BCUT2D eigenvalue weighted by Gasteiger charge is -2.26. The second kappa shape index (κ2) is 39.1. The third-order valence-electron chi connectivity index (χ3n) is 17.5. The molecule has 0 unspecified atom stereocenters. The van der Waals surface area contributed by atoms with E-state index in [1.165, 1.54) is 68.1 Å². The van der Waals surface area contributed by atoms with Crippen LogP contribution < -0.4 is 89.4 Å². The third-order valence-corrected chi connectivity index (χ3v) is 17.5. The number of H-pyrrole nitrogens is 1. The first-order valence-corrected chi connectivity index (χ1v) is 35.6. The molecular weight excluding hydrogens is 1550 g/mol. The average Bonchev–Trinajstić information content (AvgIpc) is 1.65. The lowest BCUT2D eigenvalue weighted by atomic mass is 10.3. The Hall–Kier alpha value is -15.8. The van der Waals surface area contributed by atoms with Crippen LogP contribution in [0.5, 0.6) is 0 Å². The van der Waals surface area contributed by atoms with E-state index in [9.17, 15) is 71.9 Å². The maximum Gasteiger partial charge on any atom is 0.349 e. The summed E-state index contributed by atoms with van der Waals surface area (Å²) in [6, 6.07) is 2.56. The molecule has 0 spiro atoms. The van der Waals surface area contributed by atoms with Crippen molar-refractivity contribution in [1.82, 2.24) is 153 Å². The predicted octanol–water partition coefficient (Wildman–Crippen LogP) is -12.4. The van der Waals surface area contributed by atoms with Gasteiger partial charge in [-0.3, -0.25) is 76.4 Å². The number of nitrogens with two attached hydrogens (primary N) is 8. The molecule has 0 bridgehead atoms. The minimum atomic E-state index is -0.905. The van der Waals surface area contributed by atoms with Gasteiger partial charge in [-0.2, -0.15) is 15.0 Å². The van der Waals surface area contributed by atoms with Gasteiger partial charge in [0, 0.05) is 90.9 Å². The highest BCUT2D eigenvalue weighted by Gasteiger charge is 2.28. The number of amides is 12. The first-order valence-electron chi connectivity index (χ1n) is 35.6. The molecule has 0 radical (unpaired) electrons. The highest BCUT2D eigenvalue weighted by atomic mass is 16.2. The second-order valence-electron chi connectivity index (χ2n) is 25.8. The molecular formula is C64H81N39O15. The fraction of sp³-hybridized carbons (Fsp3) is 0.375. The van der Waals surface area contributed by atoms with Crippen molar-refractivity contribution >= 4 is 151 Å². The molecule has 0 fully saturated rings. The molecule has 10 aromatic heterocycles. The molecule has 10 rings (SSSR count). The van der Waals surface area contributed by atoms with E-state index in [2.05, 4.69) is 96.4 Å². The van der Waals surface area contributed by atoms with Crippen LogP contribution in [0.25, 0.3) is 44.7 Å². The summed E-state index contributed by atoms with van der Waals surface area (Å²) < 4.78 is 7.12. The molecule has 622 valence electrons. The summed E-state index contributed by atoms with van der Waals surface area (Å²) in [5.74, 6) is -9.69. The topological polar surface area (TPSA) is 757 Å². The fourth-order valence-electron chi connectivity index (χ4n) is 11.6. The Balaban J connectivity index is 0.795. The summed E-state index contributed by atoms with van der Waals surface area (Å²) in [7, 11) is 0. The quantitative estimate of drug-likeness (QED) is 0.0169. The maximum absolute atomic E-state index is 14.4. The smallest absolute Gasteiger partial charge is 0.349 e. The highest BCUT2D eigenvalue weighted by molar-refractivity contribution is 5.91. The van der Waals surface area contributed by atoms with Gasteiger partial charge in [0.2, 0.25) is 76.8 Å². The number of anilines is 6. The predicted molar refractivity (Wildman–Crippen MR) is 410 cm³/mol. The standard InChI is InChI=1S/C64H81N39O15/c65-3-11-92(44(110)23-98-9-1-36(66)88-63(98)117)18-39(105)74-5-13-94(45(111)24-99-10-2-37(67)89-64(99)118)19-40(106)75-6-14-96(48(114)26-101-33-85-51-55(70)79-30-82-58(51)101)21-42(108)77-8-16-97(49(115)27-102-34-86-52-56(71)80-31-83-59(52)102)22-43(109)76-7-15-95(47(113)25-100-32-84-50-54(69)78-29-81-57(50)100)20-41(107)73-4-12-93(17-38(68)104)46(112)28-103-35-87-53-60(103)90-62(72)91-61(53)116/h1-2,9-10,29-35H,3-8,11-28,65H2,(H2,68,104)(H,73,107)(H,74,105)(H,75,106)(H,76,109)(H,77,108)(H2,66,88,117)(H2,67,89,118)(H2,69,78,81)(H2,70,79,82)(H2,71,80,83)(H3,72,90,91,116). The van der Waals surface area contributed by atoms with Gasteiger partial charge in [-0.05, 0) is 12.1 Å². The van der Waals surface area contributed by atoms with Crippen molar-refractivity contribution in [2.45, 2.75) is 39.3 Å². The molecule has 118 heavy (non-hydrogen) atoms. The zero-order chi connectivity index (χ0) is 84.9. The van der Waals surface area contributed by atoms with E-state index in [1.54, 1.807) is 0 Å². The molecule has 54 heteroatoms. The Morgan fingerprint density at radius 1 is 0.347 bits per heavy atom. The van der Waals surface area contributed by atoms with Crippen LogP contribution in [0.15, 0.2) is 83.2 Å². The van der Waals surface area contributed by atoms with E-state index in [0.29, 0.717) is 0 Å². The SMILES string of the molecule is NCCN(CC(=O)NCCN(CC(=O)NCCN(CC(=O)NCCN(CC(=O)NCCN(CC(=O)NCCN(CC(N)=O)C(=O)Cn1cnc2c(=O)[nH]c(N)nc21)C(=O)Cn1cnc2c(N)ncnc21)C(=O)Cn1cnc2c(N)ncnc21)C(=O)Cn1cnc2c(N)ncnc21)C(=O)Cn1ccc(N)nc1=O)C(=O)Cn1ccc(N)nc1=O. The van der Waals surface area contributed by atoms with Crippen molar-refractivity contribution < 1.29 is 57.5 Å². The molecule has 0 aliphatic heterocycles. The van der Waals surface area contributed by atoms with Crippen LogP contribution in [0.1, 0.15) is 0 Å². The number of nitrogen functional groups attached to an aromatic ring is 6. The average molecular weight is 1640 g/mol. The number of aromatic nitrogens is 20. The molecule has 12 amide bonds. The Morgan fingerprint density at radius 3 is 0.924 bits per heavy atom. The van der Waals surface area contributed by atoms with Crippen LogP contribution in [0, 0.1) is 0 Å². The summed E-state index contributed by atoms with van der Waals surface area (Å²) >= 11 is 0. The first-order chi connectivity index (χ1) is 56.5. The number of carbonyl (C=O) groups is 12. The van der Waals surface area contributed by atoms with Crippen molar-refractivity contribution in [1.29, 1.82) is 0 Å². The Labute approximate surface area is 662 Å². The lowest BCUT2D eigenvalue weighted by molar-refractivity contribution is -0.138. The molecule has 22 N–H and O–H groups in total. The number of aromatic amines is 1. The number of imidazole rings is 4. The Kier molecular flexibility index (Phi) is 28.0. The molecule has 0 saturated heterocycles. The van der Waals surface area contributed by atoms with Gasteiger partial charge in [-0.15, -0.1) is 0 Å². The number of primary amides is 1.